The second kappa shape index (κ2) is 8.94. The van der Waals surface area contributed by atoms with Crippen LogP contribution in [0.2, 0.25) is 0 Å². The third kappa shape index (κ3) is 3.91. The highest BCUT2D eigenvalue weighted by Crippen LogP contribution is 2.35. The molecule has 0 atom stereocenters. The lowest BCUT2D eigenvalue weighted by atomic mass is 9.90. The average molecular weight is 441 g/mol. The first-order valence-electron chi connectivity index (χ1n) is 10.9. The standard InChI is InChI=1S/C28H28N2O3/c1-18-11-10-12-19(2)24(18)25-21-14-7-8-15-22(21)27(31)30(4)26(25)28(32)29(3)17-20-13-6-9-16-23(20)33-5/h6-16H,17H2,1-5H3. The molecular weight excluding hydrogens is 412 g/mol. The summed E-state index contributed by atoms with van der Waals surface area (Å²) >= 11 is 0. The Hall–Kier alpha value is -3.86. The van der Waals surface area contributed by atoms with Crippen LogP contribution in [-0.4, -0.2) is 29.5 Å². The van der Waals surface area contributed by atoms with Gasteiger partial charge in [0.1, 0.15) is 11.4 Å². The lowest BCUT2D eigenvalue weighted by molar-refractivity contribution is 0.0774. The fourth-order valence-corrected chi connectivity index (χ4v) is 4.52. The maximum Gasteiger partial charge on any atom is 0.271 e. The van der Waals surface area contributed by atoms with Gasteiger partial charge in [-0.05, 0) is 48.1 Å². The predicted molar refractivity (Wildman–Crippen MR) is 133 cm³/mol. The first-order chi connectivity index (χ1) is 15.8. The number of para-hydroxylation sites is 1. The van der Waals surface area contributed by atoms with Crippen LogP contribution in [0, 0.1) is 13.8 Å². The van der Waals surface area contributed by atoms with Crippen molar-refractivity contribution in [2.75, 3.05) is 14.2 Å². The molecule has 3 aromatic carbocycles. The van der Waals surface area contributed by atoms with Gasteiger partial charge in [-0.2, -0.15) is 0 Å². The van der Waals surface area contributed by atoms with Crippen LogP contribution in [0.15, 0.2) is 71.5 Å². The normalized spacial score (nSPS) is 10.9. The van der Waals surface area contributed by atoms with Crippen LogP contribution in [0.5, 0.6) is 5.75 Å². The molecule has 5 heteroatoms. The summed E-state index contributed by atoms with van der Waals surface area (Å²) in [4.78, 5) is 28.8. The van der Waals surface area contributed by atoms with Crippen LogP contribution in [0.25, 0.3) is 21.9 Å². The number of hydrogen-bond donors (Lipinski definition) is 0. The van der Waals surface area contributed by atoms with Gasteiger partial charge in [-0.15, -0.1) is 0 Å². The highest BCUT2D eigenvalue weighted by Gasteiger charge is 2.26. The van der Waals surface area contributed by atoms with Gasteiger partial charge in [0.25, 0.3) is 11.5 Å². The number of nitrogens with zero attached hydrogens (tertiary/aromatic N) is 2. The first kappa shape index (κ1) is 22.3. The molecule has 1 amide bonds. The second-order valence-electron chi connectivity index (χ2n) is 8.37. The molecule has 0 N–H and O–H groups in total. The molecule has 4 rings (SSSR count). The quantitative estimate of drug-likeness (QED) is 0.434. The molecule has 0 radical (unpaired) electrons. The van der Waals surface area contributed by atoms with E-state index >= 15 is 0 Å². The van der Waals surface area contributed by atoms with E-state index in [-0.39, 0.29) is 11.5 Å². The van der Waals surface area contributed by atoms with Crippen molar-refractivity contribution in [3.63, 3.8) is 0 Å². The summed E-state index contributed by atoms with van der Waals surface area (Å²) in [5.41, 5.74) is 4.98. The largest absolute Gasteiger partial charge is 0.496 e. The summed E-state index contributed by atoms with van der Waals surface area (Å²) in [5.74, 6) is 0.503. The highest BCUT2D eigenvalue weighted by atomic mass is 16.5. The molecule has 5 nitrogen and oxygen atoms in total. The van der Waals surface area contributed by atoms with Gasteiger partial charge in [-0.1, -0.05) is 54.6 Å². The third-order valence-corrected chi connectivity index (χ3v) is 6.18. The molecule has 0 saturated carbocycles. The summed E-state index contributed by atoms with van der Waals surface area (Å²) in [7, 11) is 5.05. The number of carbonyl (C=O) groups excluding carboxylic acids is 1. The Morgan fingerprint density at radius 1 is 0.879 bits per heavy atom. The summed E-state index contributed by atoms with van der Waals surface area (Å²) in [6.45, 7) is 4.43. The number of methoxy groups -OCH3 is 1. The Labute approximate surface area is 193 Å². The molecule has 0 saturated heterocycles. The molecule has 0 aliphatic carbocycles. The zero-order valence-corrected chi connectivity index (χ0v) is 19.7. The summed E-state index contributed by atoms with van der Waals surface area (Å²) in [6, 6.07) is 21.2. The molecular formula is C28H28N2O3. The van der Waals surface area contributed by atoms with Crippen LogP contribution >= 0.6 is 0 Å². The monoisotopic (exact) mass is 440 g/mol. The number of pyridine rings is 1. The zero-order valence-electron chi connectivity index (χ0n) is 19.7. The Morgan fingerprint density at radius 2 is 1.48 bits per heavy atom. The van der Waals surface area contributed by atoms with Crippen molar-refractivity contribution < 1.29 is 9.53 Å². The minimum absolute atomic E-state index is 0.186. The Kier molecular flexibility index (Phi) is 6.05. The number of hydrogen-bond acceptors (Lipinski definition) is 3. The number of fused-ring (bicyclic) bond motifs is 1. The van der Waals surface area contributed by atoms with E-state index in [2.05, 4.69) is 0 Å². The van der Waals surface area contributed by atoms with E-state index < -0.39 is 0 Å². The number of carbonyl (C=O) groups is 1. The van der Waals surface area contributed by atoms with Gasteiger partial charge in [0.15, 0.2) is 0 Å². The van der Waals surface area contributed by atoms with Gasteiger partial charge in [0, 0.05) is 37.2 Å². The van der Waals surface area contributed by atoms with Gasteiger partial charge >= 0.3 is 0 Å². The van der Waals surface area contributed by atoms with Crippen LogP contribution in [0.1, 0.15) is 27.2 Å². The van der Waals surface area contributed by atoms with Crippen molar-refractivity contribution in [2.24, 2.45) is 7.05 Å². The van der Waals surface area contributed by atoms with E-state index in [1.807, 2.05) is 80.6 Å². The number of rotatable bonds is 5. The lowest BCUT2D eigenvalue weighted by Crippen LogP contribution is -2.33. The van der Waals surface area contributed by atoms with Crippen molar-refractivity contribution in [2.45, 2.75) is 20.4 Å². The van der Waals surface area contributed by atoms with E-state index in [1.165, 1.54) is 4.57 Å². The third-order valence-electron chi connectivity index (χ3n) is 6.18. The van der Waals surface area contributed by atoms with Crippen LogP contribution in [0.3, 0.4) is 0 Å². The fourth-order valence-electron chi connectivity index (χ4n) is 4.52. The molecule has 4 aromatic rings. The summed E-state index contributed by atoms with van der Waals surface area (Å²) in [6.07, 6.45) is 0. The summed E-state index contributed by atoms with van der Waals surface area (Å²) in [5, 5.41) is 1.38. The first-order valence-corrected chi connectivity index (χ1v) is 10.9. The maximum atomic E-state index is 13.9. The van der Waals surface area contributed by atoms with Crippen LogP contribution in [-0.2, 0) is 13.6 Å². The van der Waals surface area contributed by atoms with E-state index in [0.29, 0.717) is 17.6 Å². The number of amides is 1. The molecule has 33 heavy (non-hydrogen) atoms. The van der Waals surface area contributed by atoms with E-state index in [9.17, 15) is 9.59 Å². The Morgan fingerprint density at radius 3 is 2.15 bits per heavy atom. The molecule has 0 fully saturated rings. The van der Waals surface area contributed by atoms with Crippen molar-refractivity contribution in [1.29, 1.82) is 0 Å². The smallest absolute Gasteiger partial charge is 0.271 e. The average Bonchev–Trinajstić information content (AvgIpc) is 2.82. The van der Waals surface area contributed by atoms with Gasteiger partial charge in [0.05, 0.1) is 7.11 Å². The van der Waals surface area contributed by atoms with E-state index in [1.54, 1.807) is 26.1 Å². The number of benzene rings is 3. The van der Waals surface area contributed by atoms with Crippen LogP contribution < -0.4 is 10.3 Å². The van der Waals surface area contributed by atoms with Gasteiger partial charge in [-0.25, -0.2) is 0 Å². The van der Waals surface area contributed by atoms with E-state index in [0.717, 1.165) is 39.0 Å². The fraction of sp³-hybridized carbons (Fsp3) is 0.214. The molecule has 0 spiro atoms. The van der Waals surface area contributed by atoms with Gasteiger partial charge in [0.2, 0.25) is 0 Å². The maximum absolute atomic E-state index is 13.9. The minimum atomic E-state index is -0.219. The van der Waals surface area contributed by atoms with Gasteiger partial charge in [-0.3, -0.25) is 9.59 Å². The molecule has 0 bridgehead atoms. The summed E-state index contributed by atoms with van der Waals surface area (Å²) < 4.78 is 6.95. The van der Waals surface area contributed by atoms with Crippen molar-refractivity contribution in [3.8, 4) is 16.9 Å². The number of aryl methyl sites for hydroxylation is 2. The van der Waals surface area contributed by atoms with E-state index in [4.69, 9.17) is 4.74 Å². The topological polar surface area (TPSA) is 51.5 Å². The zero-order chi connectivity index (χ0) is 23.7. The number of aromatic nitrogens is 1. The Bertz CT molecular complexity index is 1400. The van der Waals surface area contributed by atoms with Crippen molar-refractivity contribution >= 4 is 16.7 Å². The molecule has 168 valence electrons. The minimum Gasteiger partial charge on any atom is -0.496 e. The highest BCUT2D eigenvalue weighted by molar-refractivity contribution is 6.09. The second-order valence-corrected chi connectivity index (χ2v) is 8.37. The van der Waals surface area contributed by atoms with Crippen molar-refractivity contribution in [1.82, 2.24) is 9.47 Å². The Balaban J connectivity index is 1.96. The molecule has 1 heterocycles. The van der Waals surface area contributed by atoms with Gasteiger partial charge < -0.3 is 14.2 Å². The molecule has 0 aliphatic rings. The van der Waals surface area contributed by atoms with Crippen molar-refractivity contribution in [3.05, 3.63) is 99.5 Å². The lowest BCUT2D eigenvalue weighted by Gasteiger charge is -2.24. The molecule has 0 unspecified atom stereocenters. The molecule has 0 aliphatic heterocycles. The SMILES string of the molecule is COc1ccccc1CN(C)C(=O)c1c(-c2c(C)cccc2C)c2ccccc2c(=O)n1C. The number of ether oxygens (including phenoxy) is 1. The van der Waals surface area contributed by atoms with Crippen LogP contribution in [0.4, 0.5) is 0 Å². The predicted octanol–water partition coefficient (Wildman–Crippen LogP) is 5.10. The molecule has 1 aromatic heterocycles.